The first kappa shape index (κ1) is 20.0. The van der Waals surface area contributed by atoms with E-state index < -0.39 is 8.49 Å². The number of likely N-dealkylation sites (tertiary alicyclic amines) is 1. The van der Waals surface area contributed by atoms with Crippen LogP contribution in [-0.4, -0.2) is 40.2 Å². The number of aromatic nitrogens is 2. The number of rotatable bonds is 4. The molecule has 0 aromatic carbocycles. The van der Waals surface area contributed by atoms with Gasteiger partial charge in [0.1, 0.15) is 0 Å². The van der Waals surface area contributed by atoms with E-state index in [1.807, 2.05) is 0 Å². The van der Waals surface area contributed by atoms with Crippen molar-refractivity contribution < 1.29 is 8.49 Å². The molecular weight excluding hydrogens is 709 g/mol. The maximum atomic E-state index is 4.12. The van der Waals surface area contributed by atoms with E-state index in [-0.39, 0.29) is 0 Å². The van der Waals surface area contributed by atoms with Crippen LogP contribution in [0, 0.1) is 9.72 Å². The summed E-state index contributed by atoms with van der Waals surface area (Å²) >= 11 is 5.58. The Labute approximate surface area is 170 Å². The Morgan fingerprint density at radius 3 is 2.38 bits per heavy atom. The Morgan fingerprint density at radius 2 is 1.71 bits per heavy atom. The molecule has 0 unspecified atom stereocenters. The molecule has 0 spiro atoms. The fourth-order valence-electron chi connectivity index (χ4n) is 3.83. The van der Waals surface area contributed by atoms with E-state index in [9.17, 15) is 0 Å². The Balaban J connectivity index is 1.82. The van der Waals surface area contributed by atoms with Crippen LogP contribution in [0.25, 0.3) is 0 Å². The van der Waals surface area contributed by atoms with Gasteiger partial charge in [-0.15, -0.1) is 0 Å². The van der Waals surface area contributed by atoms with E-state index in [2.05, 4.69) is 83.1 Å². The number of halogens is 2. The van der Waals surface area contributed by atoms with Crippen molar-refractivity contribution in [2.75, 3.05) is 20.1 Å². The van der Waals surface area contributed by atoms with Crippen molar-refractivity contribution in [2.24, 2.45) is 13.0 Å². The van der Waals surface area contributed by atoms with Gasteiger partial charge in [0.15, 0.2) is 0 Å². The minimum atomic E-state index is -2.21. The third-order valence-electron chi connectivity index (χ3n) is 5.28. The normalized spacial score (nSPS) is 22.8. The Hall–Kier alpha value is 1.28. The quantitative estimate of drug-likeness (QED) is 0.464. The summed E-state index contributed by atoms with van der Waals surface area (Å²) in [5, 5.41) is 0. The van der Waals surface area contributed by atoms with Crippen LogP contribution in [-0.2, 0) is 22.1 Å². The first-order chi connectivity index (χ1) is 11.5. The average molecular weight is 740 g/mol. The molecule has 0 radical (unpaired) electrons. The molecule has 2 heterocycles. The minimum absolute atomic E-state index is 0.699. The van der Waals surface area contributed by atoms with Gasteiger partial charge in [0.2, 0.25) is 0 Å². The number of hydrogen-bond acceptors (Lipinski definition) is 2. The van der Waals surface area contributed by atoms with Crippen molar-refractivity contribution in [3.8, 4) is 0 Å². The molecule has 1 aromatic rings. The predicted octanol–water partition coefficient (Wildman–Crippen LogP) is 4.39. The number of aryl methyl sites for hydroxylation is 1. The second-order valence-corrected chi connectivity index (χ2v) is 39.1. The van der Waals surface area contributed by atoms with Crippen LogP contribution in [0.4, 0.5) is 0 Å². The molecule has 0 amide bonds. The van der Waals surface area contributed by atoms with Crippen molar-refractivity contribution in [2.45, 2.75) is 57.5 Å². The third kappa shape index (κ3) is 5.17. The van der Waals surface area contributed by atoms with Crippen LogP contribution in [0.15, 0.2) is 12.4 Å². The van der Waals surface area contributed by atoms with E-state index in [1.54, 1.807) is 3.80 Å². The zero-order valence-corrected chi connectivity index (χ0v) is 21.4. The van der Waals surface area contributed by atoms with E-state index in [0.717, 1.165) is 5.92 Å². The number of nitrogens with zero attached hydrogens (tertiary/aromatic N) is 3. The Kier molecular flexibility index (Phi) is 7.49. The second kappa shape index (κ2) is 8.98. The van der Waals surface area contributed by atoms with Crippen LogP contribution in [0.2, 0.25) is 0 Å². The number of nitrogens with one attached hydrogen (secondary N) is 1. The molecule has 7 heteroatoms. The topological polar surface area (TPSA) is 25.1 Å². The molecule has 0 bridgehead atoms. The van der Waals surface area contributed by atoms with Gasteiger partial charge in [-0.05, 0) is 0 Å². The maximum absolute atomic E-state index is 4.12. The summed E-state index contributed by atoms with van der Waals surface area (Å²) in [6.07, 6.45) is 14.3. The summed E-state index contributed by atoms with van der Waals surface area (Å²) < 4.78 is 10.7. The number of piperidine rings is 1. The molecule has 1 aromatic heterocycles. The standard InChI is InChI=1S/C11H18N2.C6H13N2.2HI.Pt/c1-12-7-8-13(10-12)9-11-5-3-2-4-6-11;1-8-4-2-6(7)3-5-8;;;/h7-8,11H,2-6,9H2,1H3;6-7H,2-5H2,1H3;2*1H;/q;-1;;;+3/p-2. The Morgan fingerprint density at radius 1 is 1.04 bits per heavy atom. The zero-order chi connectivity index (χ0) is 17.2. The van der Waals surface area contributed by atoms with Crippen LogP contribution < -0.4 is 3.88 Å². The van der Waals surface area contributed by atoms with E-state index in [1.165, 1.54) is 64.6 Å². The fraction of sp³-hybridized carbons (Fsp3) is 0.824. The summed E-state index contributed by atoms with van der Waals surface area (Å²) in [4.78, 5) is 2.46. The zero-order valence-electron chi connectivity index (χ0n) is 14.8. The van der Waals surface area contributed by atoms with Crippen LogP contribution in [0.5, 0.6) is 0 Å². The molecule has 24 heavy (non-hydrogen) atoms. The summed E-state index contributed by atoms with van der Waals surface area (Å²) in [6.45, 7) is 3.69. The van der Waals surface area contributed by atoms with Gasteiger partial charge in [-0.3, -0.25) is 0 Å². The molecule has 0 atom stereocenters. The SMILES string of the molecule is CN1CCC([NH][Pt]([I])([I])=[c]2n(C)ccn2CC2CCCCC2)CC1. The van der Waals surface area contributed by atoms with Crippen molar-refractivity contribution in [3.63, 3.8) is 0 Å². The molecule has 1 saturated heterocycles. The van der Waals surface area contributed by atoms with Gasteiger partial charge in [0, 0.05) is 0 Å². The summed E-state index contributed by atoms with van der Waals surface area (Å²) in [5.41, 5.74) is 0. The van der Waals surface area contributed by atoms with Gasteiger partial charge >= 0.3 is 172 Å². The Bertz CT molecular complexity index is 619. The number of hydrogen-bond donors (Lipinski definition) is 1. The fourth-order valence-corrected chi connectivity index (χ4v) is 20.0. The first-order valence-corrected chi connectivity index (χ1v) is 24.2. The summed E-state index contributed by atoms with van der Waals surface area (Å²) in [5.74, 6) is 0.887. The van der Waals surface area contributed by atoms with Crippen LogP contribution in [0.1, 0.15) is 44.9 Å². The molecule has 2 aliphatic rings. The van der Waals surface area contributed by atoms with Crippen LogP contribution >= 0.6 is 38.7 Å². The van der Waals surface area contributed by atoms with Gasteiger partial charge < -0.3 is 0 Å². The summed E-state index contributed by atoms with van der Waals surface area (Å²) in [7, 11) is 2.27. The van der Waals surface area contributed by atoms with Crippen molar-refractivity contribution in [3.05, 3.63) is 16.2 Å². The van der Waals surface area contributed by atoms with Gasteiger partial charge in [-0.1, -0.05) is 0 Å². The molecule has 4 nitrogen and oxygen atoms in total. The predicted molar refractivity (Wildman–Crippen MR) is 115 cm³/mol. The third-order valence-corrected chi connectivity index (χ3v) is 18.0. The van der Waals surface area contributed by atoms with E-state index in [0.29, 0.717) is 6.04 Å². The molecule has 2 fully saturated rings. The second-order valence-electron chi connectivity index (χ2n) is 7.34. The van der Waals surface area contributed by atoms with Crippen molar-refractivity contribution in [1.29, 1.82) is 0 Å². The molecule has 3 rings (SSSR count). The monoisotopic (exact) mass is 740 g/mol. The van der Waals surface area contributed by atoms with Gasteiger partial charge in [-0.25, -0.2) is 0 Å². The molecule has 1 N–H and O–H groups in total. The van der Waals surface area contributed by atoms with Gasteiger partial charge in [0.05, 0.1) is 0 Å². The van der Waals surface area contributed by atoms with E-state index >= 15 is 0 Å². The number of imidazole rings is 1. The van der Waals surface area contributed by atoms with Gasteiger partial charge in [-0.2, -0.15) is 0 Å². The first-order valence-electron chi connectivity index (χ1n) is 9.03. The van der Waals surface area contributed by atoms with E-state index in [4.69, 9.17) is 0 Å². The van der Waals surface area contributed by atoms with Crippen LogP contribution in [0.3, 0.4) is 0 Å². The molecule has 1 aliphatic carbocycles. The van der Waals surface area contributed by atoms with Crippen molar-refractivity contribution >= 4 is 38.7 Å². The molecule has 1 aliphatic heterocycles. The average Bonchev–Trinajstić information content (AvgIpc) is 2.92. The van der Waals surface area contributed by atoms with Crippen molar-refractivity contribution in [1.82, 2.24) is 17.9 Å². The molecular formula is C17H31I2N4Pt. The molecule has 143 valence electrons. The molecule has 1 saturated carbocycles. The summed E-state index contributed by atoms with van der Waals surface area (Å²) in [6, 6.07) is 0.699. The van der Waals surface area contributed by atoms with Gasteiger partial charge in [0.25, 0.3) is 0 Å².